The molecule has 0 amide bonds. The molecule has 1 N–H and O–H groups in total. The highest BCUT2D eigenvalue weighted by Gasteiger charge is 2.06. The molecule has 0 atom stereocenters. The lowest BCUT2D eigenvalue weighted by molar-refractivity contribution is 1.45. The van der Waals surface area contributed by atoms with Crippen LogP contribution in [-0.4, -0.2) is 0 Å². The Balaban J connectivity index is 1.67. The maximum absolute atomic E-state index is 3.45. The van der Waals surface area contributed by atoms with Crippen LogP contribution in [0.1, 0.15) is 16.7 Å². The number of nitrogens with one attached hydrogen (secondary N) is 1. The summed E-state index contributed by atoms with van der Waals surface area (Å²) < 4.78 is 0. The molecule has 1 heteroatoms. The Hall–Kier alpha value is -3.58. The fourth-order valence-electron chi connectivity index (χ4n) is 3.23. The molecule has 0 saturated heterocycles. The molecule has 28 heavy (non-hydrogen) atoms. The molecule has 1 nitrogen and oxygen atoms in total. The monoisotopic (exact) mass is 361 g/mol. The minimum Gasteiger partial charge on any atom is -0.361 e. The summed E-state index contributed by atoms with van der Waals surface area (Å²) >= 11 is 0. The molecule has 4 aromatic rings. The molecule has 0 heterocycles. The molecule has 0 saturated carbocycles. The van der Waals surface area contributed by atoms with E-state index >= 15 is 0 Å². The Morgan fingerprint density at radius 2 is 1.11 bits per heavy atom. The maximum atomic E-state index is 3.45. The first-order chi connectivity index (χ1) is 13.8. The van der Waals surface area contributed by atoms with Crippen LogP contribution in [0.5, 0.6) is 0 Å². The number of benzene rings is 4. The van der Waals surface area contributed by atoms with Crippen LogP contribution in [0.4, 0.5) is 5.69 Å². The number of anilines is 1. The van der Waals surface area contributed by atoms with Crippen molar-refractivity contribution in [3.8, 4) is 11.1 Å². The number of aryl methyl sites for hydroxylation is 1. The van der Waals surface area contributed by atoms with E-state index in [1.807, 2.05) is 12.1 Å². The van der Waals surface area contributed by atoms with E-state index < -0.39 is 0 Å². The first-order valence-electron chi connectivity index (χ1n) is 9.54. The average molecular weight is 361 g/mol. The van der Waals surface area contributed by atoms with Crippen molar-refractivity contribution >= 4 is 11.3 Å². The third-order valence-corrected chi connectivity index (χ3v) is 4.82. The number of rotatable bonds is 5. The van der Waals surface area contributed by atoms with Gasteiger partial charge in [-0.05, 0) is 41.3 Å². The molecule has 0 aliphatic heterocycles. The van der Waals surface area contributed by atoms with Crippen LogP contribution in [0, 0.1) is 6.92 Å². The van der Waals surface area contributed by atoms with Crippen LogP contribution in [-0.2, 0) is 0 Å². The summed E-state index contributed by atoms with van der Waals surface area (Å²) in [7, 11) is 0. The topological polar surface area (TPSA) is 12.0 Å². The molecule has 0 fully saturated rings. The molecule has 4 aromatic carbocycles. The molecule has 0 spiro atoms. The second kappa shape index (κ2) is 8.41. The van der Waals surface area contributed by atoms with Crippen molar-refractivity contribution in [1.29, 1.82) is 0 Å². The number of hydrogen-bond acceptors (Lipinski definition) is 1. The molecule has 0 aliphatic rings. The Morgan fingerprint density at radius 3 is 1.75 bits per heavy atom. The number of hydrogen-bond donors (Lipinski definition) is 1. The highest BCUT2D eigenvalue weighted by Crippen LogP contribution is 2.27. The van der Waals surface area contributed by atoms with Crippen LogP contribution < -0.4 is 5.32 Å². The van der Waals surface area contributed by atoms with Gasteiger partial charge in [-0.25, -0.2) is 0 Å². The van der Waals surface area contributed by atoms with Gasteiger partial charge in [0.05, 0.1) is 0 Å². The smallest absolute Gasteiger partial charge is 0.0380 e. The van der Waals surface area contributed by atoms with Crippen LogP contribution in [0.15, 0.2) is 115 Å². The third-order valence-electron chi connectivity index (χ3n) is 4.82. The summed E-state index contributed by atoms with van der Waals surface area (Å²) in [5, 5.41) is 3.45. The van der Waals surface area contributed by atoms with E-state index in [1.54, 1.807) is 0 Å². The Kier molecular flexibility index (Phi) is 5.35. The summed E-state index contributed by atoms with van der Waals surface area (Å²) in [6.45, 7) is 2.10. The van der Waals surface area contributed by atoms with Gasteiger partial charge < -0.3 is 5.32 Å². The zero-order valence-electron chi connectivity index (χ0n) is 16.0. The minimum absolute atomic E-state index is 1.08. The van der Waals surface area contributed by atoms with Gasteiger partial charge in [0.25, 0.3) is 0 Å². The van der Waals surface area contributed by atoms with Gasteiger partial charge in [-0.1, -0.05) is 103 Å². The summed E-state index contributed by atoms with van der Waals surface area (Å²) in [6.07, 6.45) is 2.09. The van der Waals surface area contributed by atoms with E-state index in [0.717, 1.165) is 5.69 Å². The van der Waals surface area contributed by atoms with Gasteiger partial charge >= 0.3 is 0 Å². The first kappa shape index (κ1) is 17.8. The highest BCUT2D eigenvalue weighted by molar-refractivity contribution is 5.82. The lowest BCUT2D eigenvalue weighted by atomic mass is 9.96. The van der Waals surface area contributed by atoms with E-state index in [1.165, 1.54) is 33.4 Å². The van der Waals surface area contributed by atoms with E-state index in [4.69, 9.17) is 0 Å². The Bertz CT molecular complexity index is 1040. The standard InChI is InChI=1S/C27H23N/c1-21-12-18-26(19-13-21)28-20-27(24-10-6-3-7-11-24)25-16-14-23(15-17-25)22-8-4-2-5-9-22/h2-20,28H,1H3. The predicted molar refractivity (Wildman–Crippen MR) is 120 cm³/mol. The molecule has 4 rings (SSSR count). The van der Waals surface area contributed by atoms with Crippen molar-refractivity contribution in [2.24, 2.45) is 0 Å². The normalized spacial score (nSPS) is 11.2. The highest BCUT2D eigenvalue weighted by atomic mass is 14.8. The van der Waals surface area contributed by atoms with Crippen molar-refractivity contribution in [3.05, 3.63) is 132 Å². The second-order valence-electron chi connectivity index (χ2n) is 6.88. The fraction of sp³-hybridized carbons (Fsp3) is 0.0370. The summed E-state index contributed by atoms with van der Waals surface area (Å²) in [5.41, 5.74) is 8.34. The van der Waals surface area contributed by atoms with Crippen molar-refractivity contribution in [2.45, 2.75) is 6.92 Å². The first-order valence-corrected chi connectivity index (χ1v) is 9.54. The Labute approximate surface area is 167 Å². The molecule has 0 bridgehead atoms. The largest absolute Gasteiger partial charge is 0.361 e. The van der Waals surface area contributed by atoms with Crippen LogP contribution >= 0.6 is 0 Å². The van der Waals surface area contributed by atoms with Crippen molar-refractivity contribution in [3.63, 3.8) is 0 Å². The molecule has 0 unspecified atom stereocenters. The Morgan fingerprint density at radius 1 is 0.571 bits per heavy atom. The van der Waals surface area contributed by atoms with E-state index in [0.29, 0.717) is 0 Å². The molecule has 0 aromatic heterocycles. The SMILES string of the molecule is Cc1ccc(NC=C(c2ccccc2)c2ccc(-c3ccccc3)cc2)cc1. The third kappa shape index (κ3) is 4.21. The molecule has 0 radical (unpaired) electrons. The zero-order valence-corrected chi connectivity index (χ0v) is 16.0. The molecule has 0 aliphatic carbocycles. The van der Waals surface area contributed by atoms with Crippen molar-refractivity contribution in [2.75, 3.05) is 5.32 Å². The van der Waals surface area contributed by atoms with E-state index in [9.17, 15) is 0 Å². The van der Waals surface area contributed by atoms with E-state index in [2.05, 4.69) is 116 Å². The fourth-order valence-corrected chi connectivity index (χ4v) is 3.23. The van der Waals surface area contributed by atoms with Gasteiger partial charge in [-0.2, -0.15) is 0 Å². The lowest BCUT2D eigenvalue weighted by Gasteiger charge is -2.11. The van der Waals surface area contributed by atoms with Gasteiger partial charge in [0.1, 0.15) is 0 Å². The second-order valence-corrected chi connectivity index (χ2v) is 6.88. The maximum Gasteiger partial charge on any atom is 0.0380 e. The average Bonchev–Trinajstić information content (AvgIpc) is 2.77. The molecule has 136 valence electrons. The lowest BCUT2D eigenvalue weighted by Crippen LogP contribution is -1.94. The van der Waals surface area contributed by atoms with Crippen molar-refractivity contribution in [1.82, 2.24) is 0 Å². The zero-order chi connectivity index (χ0) is 19.2. The quantitative estimate of drug-likeness (QED) is 0.397. The van der Waals surface area contributed by atoms with Gasteiger partial charge in [0, 0.05) is 17.5 Å². The van der Waals surface area contributed by atoms with Gasteiger partial charge in [-0.3, -0.25) is 0 Å². The molecular weight excluding hydrogens is 338 g/mol. The van der Waals surface area contributed by atoms with E-state index in [-0.39, 0.29) is 0 Å². The summed E-state index contributed by atoms with van der Waals surface area (Å²) in [4.78, 5) is 0. The predicted octanol–water partition coefficient (Wildman–Crippen LogP) is 7.16. The van der Waals surface area contributed by atoms with Crippen LogP contribution in [0.3, 0.4) is 0 Å². The molecular formula is C27H23N. The minimum atomic E-state index is 1.08. The summed E-state index contributed by atoms with van der Waals surface area (Å²) in [6, 6.07) is 38.2. The van der Waals surface area contributed by atoms with Crippen molar-refractivity contribution < 1.29 is 0 Å². The summed E-state index contributed by atoms with van der Waals surface area (Å²) in [5.74, 6) is 0. The van der Waals surface area contributed by atoms with Gasteiger partial charge in [-0.15, -0.1) is 0 Å². The van der Waals surface area contributed by atoms with Gasteiger partial charge in [0.15, 0.2) is 0 Å². The van der Waals surface area contributed by atoms with Gasteiger partial charge in [0.2, 0.25) is 0 Å². The van der Waals surface area contributed by atoms with Crippen LogP contribution in [0.25, 0.3) is 16.7 Å². The van der Waals surface area contributed by atoms with Crippen LogP contribution in [0.2, 0.25) is 0 Å².